The van der Waals surface area contributed by atoms with Gasteiger partial charge in [-0.05, 0) is 37.5 Å². The van der Waals surface area contributed by atoms with Gasteiger partial charge in [0, 0.05) is 0 Å². The third kappa shape index (κ3) is 3.63. The highest BCUT2D eigenvalue weighted by Crippen LogP contribution is 2.29. The molecule has 0 aromatic heterocycles. The first-order valence-electron chi connectivity index (χ1n) is 5.27. The Kier molecular flexibility index (Phi) is 4.02. The standard InChI is InChI=1S/C12H19N/c1-10(2)9-12-5-3-11(4-6-12)7-8-13/h3,10,12H,4-7,9H2,1-2H3. The zero-order valence-corrected chi connectivity index (χ0v) is 8.71. The molecule has 1 aliphatic carbocycles. The van der Waals surface area contributed by atoms with Crippen LogP contribution in [0.2, 0.25) is 0 Å². The van der Waals surface area contributed by atoms with E-state index in [0.717, 1.165) is 18.3 Å². The van der Waals surface area contributed by atoms with Crippen molar-refractivity contribution < 1.29 is 0 Å². The van der Waals surface area contributed by atoms with Crippen LogP contribution in [0.5, 0.6) is 0 Å². The van der Waals surface area contributed by atoms with E-state index in [0.29, 0.717) is 6.42 Å². The molecular weight excluding hydrogens is 158 g/mol. The van der Waals surface area contributed by atoms with Crippen LogP contribution in [0, 0.1) is 23.2 Å². The lowest BCUT2D eigenvalue weighted by Crippen LogP contribution is -2.08. The van der Waals surface area contributed by atoms with Crippen molar-refractivity contribution in [3.63, 3.8) is 0 Å². The van der Waals surface area contributed by atoms with Crippen molar-refractivity contribution in [3.05, 3.63) is 11.6 Å². The molecule has 0 amide bonds. The number of allylic oxidation sites excluding steroid dienone is 2. The third-order valence-corrected chi connectivity index (χ3v) is 2.72. The molecule has 0 aliphatic heterocycles. The molecule has 0 fully saturated rings. The Labute approximate surface area is 81.5 Å². The molecule has 0 aromatic carbocycles. The van der Waals surface area contributed by atoms with E-state index in [-0.39, 0.29) is 0 Å². The summed E-state index contributed by atoms with van der Waals surface area (Å²) in [6, 6.07) is 2.22. The summed E-state index contributed by atoms with van der Waals surface area (Å²) in [5.41, 5.74) is 1.36. The maximum atomic E-state index is 8.54. The molecule has 1 aliphatic rings. The molecule has 1 nitrogen and oxygen atoms in total. The minimum atomic E-state index is 0.647. The second-order valence-corrected chi connectivity index (χ2v) is 4.47. The van der Waals surface area contributed by atoms with Gasteiger partial charge in [0.1, 0.15) is 0 Å². The quantitative estimate of drug-likeness (QED) is 0.603. The van der Waals surface area contributed by atoms with E-state index < -0.39 is 0 Å². The van der Waals surface area contributed by atoms with Gasteiger partial charge in [0.2, 0.25) is 0 Å². The van der Waals surface area contributed by atoms with Crippen LogP contribution in [-0.2, 0) is 0 Å². The van der Waals surface area contributed by atoms with Crippen molar-refractivity contribution in [1.82, 2.24) is 0 Å². The Morgan fingerprint density at radius 2 is 2.38 bits per heavy atom. The lowest BCUT2D eigenvalue weighted by Gasteiger charge is -2.22. The monoisotopic (exact) mass is 177 g/mol. The van der Waals surface area contributed by atoms with Gasteiger partial charge in [0.25, 0.3) is 0 Å². The summed E-state index contributed by atoms with van der Waals surface area (Å²) in [4.78, 5) is 0. The normalized spacial score (nSPS) is 22.6. The molecule has 0 aromatic rings. The summed E-state index contributed by atoms with van der Waals surface area (Å²) < 4.78 is 0. The fourth-order valence-corrected chi connectivity index (χ4v) is 2.09. The van der Waals surface area contributed by atoms with Crippen LogP contribution in [0.3, 0.4) is 0 Å². The van der Waals surface area contributed by atoms with Gasteiger partial charge >= 0.3 is 0 Å². The number of hydrogen-bond acceptors (Lipinski definition) is 1. The van der Waals surface area contributed by atoms with Gasteiger partial charge in [0.15, 0.2) is 0 Å². The molecular formula is C12H19N. The lowest BCUT2D eigenvalue weighted by molar-refractivity contribution is 0.376. The summed E-state index contributed by atoms with van der Waals surface area (Å²) in [5, 5.41) is 8.54. The first-order chi connectivity index (χ1) is 6.22. The van der Waals surface area contributed by atoms with Crippen LogP contribution in [0.15, 0.2) is 11.6 Å². The van der Waals surface area contributed by atoms with E-state index in [9.17, 15) is 0 Å². The van der Waals surface area contributed by atoms with E-state index >= 15 is 0 Å². The molecule has 1 heteroatoms. The minimum Gasteiger partial charge on any atom is -0.198 e. The molecule has 0 spiro atoms. The Morgan fingerprint density at radius 3 is 2.85 bits per heavy atom. The van der Waals surface area contributed by atoms with Crippen molar-refractivity contribution in [1.29, 1.82) is 5.26 Å². The first kappa shape index (κ1) is 10.3. The molecule has 1 unspecified atom stereocenters. The molecule has 0 saturated carbocycles. The summed E-state index contributed by atoms with van der Waals surface area (Å²) in [7, 11) is 0. The van der Waals surface area contributed by atoms with Crippen LogP contribution in [0.4, 0.5) is 0 Å². The predicted molar refractivity (Wildman–Crippen MR) is 55.1 cm³/mol. The van der Waals surface area contributed by atoms with Crippen LogP contribution < -0.4 is 0 Å². The zero-order valence-electron chi connectivity index (χ0n) is 8.71. The van der Waals surface area contributed by atoms with Gasteiger partial charge in [-0.2, -0.15) is 5.26 Å². The summed E-state index contributed by atoms with van der Waals surface area (Å²) in [6.07, 6.45) is 7.94. The minimum absolute atomic E-state index is 0.647. The molecule has 1 rings (SSSR count). The summed E-state index contributed by atoms with van der Waals surface area (Å²) in [6.45, 7) is 4.57. The van der Waals surface area contributed by atoms with E-state index in [1.807, 2.05) is 0 Å². The molecule has 13 heavy (non-hydrogen) atoms. The lowest BCUT2D eigenvalue weighted by atomic mass is 9.83. The van der Waals surface area contributed by atoms with Crippen LogP contribution in [-0.4, -0.2) is 0 Å². The van der Waals surface area contributed by atoms with Gasteiger partial charge in [-0.25, -0.2) is 0 Å². The smallest absolute Gasteiger partial charge is 0.0666 e. The second kappa shape index (κ2) is 5.07. The molecule has 72 valence electrons. The fraction of sp³-hybridized carbons (Fsp3) is 0.750. The van der Waals surface area contributed by atoms with Gasteiger partial charge in [-0.3, -0.25) is 0 Å². The van der Waals surface area contributed by atoms with Gasteiger partial charge in [-0.15, -0.1) is 0 Å². The maximum absolute atomic E-state index is 8.54. The molecule has 0 N–H and O–H groups in total. The SMILES string of the molecule is CC(C)CC1CC=C(CC#N)CC1. The molecule has 0 heterocycles. The Morgan fingerprint density at radius 1 is 1.62 bits per heavy atom. The fourth-order valence-electron chi connectivity index (χ4n) is 2.09. The molecule has 0 saturated heterocycles. The average molecular weight is 177 g/mol. The van der Waals surface area contributed by atoms with Gasteiger partial charge in [-0.1, -0.05) is 25.5 Å². The van der Waals surface area contributed by atoms with E-state index in [2.05, 4.69) is 26.0 Å². The largest absolute Gasteiger partial charge is 0.198 e. The van der Waals surface area contributed by atoms with Crippen molar-refractivity contribution in [2.45, 2.75) is 46.0 Å². The highest BCUT2D eigenvalue weighted by molar-refractivity contribution is 5.11. The Hall–Kier alpha value is -0.770. The highest BCUT2D eigenvalue weighted by Gasteiger charge is 2.14. The van der Waals surface area contributed by atoms with Crippen molar-refractivity contribution >= 4 is 0 Å². The zero-order chi connectivity index (χ0) is 9.68. The van der Waals surface area contributed by atoms with E-state index in [4.69, 9.17) is 5.26 Å². The van der Waals surface area contributed by atoms with Crippen molar-refractivity contribution in [3.8, 4) is 6.07 Å². The second-order valence-electron chi connectivity index (χ2n) is 4.47. The third-order valence-electron chi connectivity index (χ3n) is 2.72. The number of rotatable bonds is 3. The Bertz CT molecular complexity index is 220. The number of nitriles is 1. The number of nitrogens with zero attached hydrogens (tertiary/aromatic N) is 1. The topological polar surface area (TPSA) is 23.8 Å². The summed E-state index contributed by atoms with van der Waals surface area (Å²) >= 11 is 0. The Balaban J connectivity index is 2.34. The predicted octanol–water partition coefficient (Wildman–Crippen LogP) is 3.67. The maximum Gasteiger partial charge on any atom is 0.0666 e. The van der Waals surface area contributed by atoms with Crippen molar-refractivity contribution in [2.75, 3.05) is 0 Å². The van der Waals surface area contributed by atoms with Crippen molar-refractivity contribution in [2.24, 2.45) is 11.8 Å². The molecule has 1 atom stereocenters. The molecule has 0 radical (unpaired) electrons. The van der Waals surface area contributed by atoms with E-state index in [1.165, 1.54) is 24.8 Å². The van der Waals surface area contributed by atoms with E-state index in [1.54, 1.807) is 0 Å². The highest BCUT2D eigenvalue weighted by atomic mass is 14.3. The van der Waals surface area contributed by atoms with Gasteiger partial charge < -0.3 is 0 Å². The van der Waals surface area contributed by atoms with Crippen LogP contribution in [0.25, 0.3) is 0 Å². The average Bonchev–Trinajstić information content (AvgIpc) is 2.08. The number of hydrogen-bond donors (Lipinski definition) is 0. The summed E-state index contributed by atoms with van der Waals surface area (Å²) in [5.74, 6) is 1.69. The van der Waals surface area contributed by atoms with Gasteiger partial charge in [0.05, 0.1) is 12.5 Å². The molecule has 0 bridgehead atoms. The van der Waals surface area contributed by atoms with Crippen LogP contribution >= 0.6 is 0 Å². The van der Waals surface area contributed by atoms with Crippen LogP contribution in [0.1, 0.15) is 46.0 Å². The first-order valence-corrected chi connectivity index (χ1v) is 5.27.